The van der Waals surface area contributed by atoms with Crippen molar-refractivity contribution in [2.75, 3.05) is 26.3 Å². The fraction of sp³-hybridized carbons (Fsp3) is 0.929. The van der Waals surface area contributed by atoms with E-state index in [1.807, 2.05) is 6.92 Å². The smallest absolute Gasteiger partial charge is 0.159 e. The van der Waals surface area contributed by atoms with Crippen LogP contribution in [-0.4, -0.2) is 77.5 Å². The lowest BCUT2D eigenvalue weighted by Crippen LogP contribution is -2.61. The summed E-state index contributed by atoms with van der Waals surface area (Å²) in [5.74, 6) is 0. The lowest BCUT2D eigenvalue weighted by atomic mass is 9.97. The molecule has 0 saturated carbocycles. The number of hydrogen-bond donors (Lipinski definition) is 4. The van der Waals surface area contributed by atoms with E-state index in [0.717, 1.165) is 31.2 Å². The molecule has 0 aliphatic carbocycles. The first kappa shape index (κ1) is 16.5. The van der Waals surface area contributed by atoms with E-state index in [1.165, 1.54) is 11.8 Å². The highest BCUT2D eigenvalue weighted by Gasteiger charge is 2.48. The van der Waals surface area contributed by atoms with E-state index in [9.17, 15) is 10.2 Å². The summed E-state index contributed by atoms with van der Waals surface area (Å²) in [6, 6.07) is 0.0932. The van der Waals surface area contributed by atoms with Crippen molar-refractivity contribution in [3.63, 3.8) is 0 Å². The Morgan fingerprint density at radius 2 is 2.09 bits per heavy atom. The molecule has 8 heteroatoms. The van der Waals surface area contributed by atoms with E-state index < -0.39 is 18.3 Å². The number of nitrogens with zero attached hydrogens (tertiary/aromatic N) is 1. The molecular weight excluding hydrogens is 306 g/mol. The first-order chi connectivity index (χ1) is 10.7. The Labute approximate surface area is 134 Å². The van der Waals surface area contributed by atoms with E-state index in [1.54, 1.807) is 0 Å². The van der Waals surface area contributed by atoms with Crippen LogP contribution < -0.4 is 10.6 Å². The molecule has 7 nitrogen and oxygen atoms in total. The van der Waals surface area contributed by atoms with E-state index in [2.05, 4.69) is 15.6 Å². The van der Waals surface area contributed by atoms with Crippen molar-refractivity contribution >= 4 is 16.9 Å². The average Bonchev–Trinajstić information content (AvgIpc) is 2.94. The molecule has 0 spiro atoms. The number of amidine groups is 1. The monoisotopic (exact) mass is 331 g/mol. The van der Waals surface area contributed by atoms with Gasteiger partial charge in [0, 0.05) is 32.3 Å². The van der Waals surface area contributed by atoms with Gasteiger partial charge in [0.25, 0.3) is 0 Å². The SMILES string of the molecule is CCN=C1N[C@@H]2[C@@H](O)[C@H](O)[C@@H](CNC3CCOCC3)O[C@@H]2S1. The molecule has 0 bridgehead atoms. The molecule has 3 saturated heterocycles. The minimum Gasteiger partial charge on any atom is -0.388 e. The Kier molecular flexibility index (Phi) is 5.59. The fourth-order valence-corrected chi connectivity index (χ4v) is 4.25. The standard InChI is InChI=1S/C14H25N3O4S/c1-2-15-14-17-10-12(19)11(18)9(21-13(10)22-14)7-16-8-3-5-20-6-4-8/h8-13,16,18-19H,2-7H2,1H3,(H,15,17)/t9-,10-,11-,12-,13-/m1/s1. The molecular formula is C14H25N3O4S. The van der Waals surface area contributed by atoms with Crippen LogP contribution in [0.4, 0.5) is 0 Å². The largest absolute Gasteiger partial charge is 0.388 e. The third kappa shape index (κ3) is 3.58. The Bertz CT molecular complexity index is 406. The van der Waals surface area contributed by atoms with E-state index >= 15 is 0 Å². The van der Waals surface area contributed by atoms with Gasteiger partial charge in [-0.3, -0.25) is 4.99 Å². The first-order valence-electron chi connectivity index (χ1n) is 7.99. The number of thioether (sulfide) groups is 1. The molecule has 0 radical (unpaired) electrons. The molecule has 3 aliphatic heterocycles. The van der Waals surface area contributed by atoms with Crippen LogP contribution in [0.25, 0.3) is 0 Å². The summed E-state index contributed by atoms with van der Waals surface area (Å²) in [7, 11) is 0. The Balaban J connectivity index is 1.56. The van der Waals surface area contributed by atoms with Crippen molar-refractivity contribution in [2.45, 2.75) is 55.6 Å². The maximum atomic E-state index is 10.3. The molecule has 5 atom stereocenters. The third-order valence-corrected chi connectivity index (χ3v) is 5.46. The van der Waals surface area contributed by atoms with Gasteiger partial charge in [0.2, 0.25) is 0 Å². The fourth-order valence-electron chi connectivity index (χ4n) is 3.05. The average molecular weight is 331 g/mol. The maximum absolute atomic E-state index is 10.3. The van der Waals surface area contributed by atoms with Crippen LogP contribution in [0.1, 0.15) is 19.8 Å². The summed E-state index contributed by atoms with van der Waals surface area (Å²) in [6.07, 6.45) is -0.212. The predicted molar refractivity (Wildman–Crippen MR) is 85.0 cm³/mol. The molecule has 3 aliphatic rings. The molecule has 3 heterocycles. The van der Waals surface area contributed by atoms with Gasteiger partial charge in [-0.15, -0.1) is 0 Å². The summed E-state index contributed by atoms with van der Waals surface area (Å²) in [5, 5.41) is 28.0. The minimum absolute atomic E-state index is 0.204. The number of aliphatic imine (C=N–C) groups is 1. The Morgan fingerprint density at radius 3 is 2.82 bits per heavy atom. The Hall–Kier alpha value is -0.380. The number of nitrogens with one attached hydrogen (secondary N) is 2. The van der Waals surface area contributed by atoms with Crippen LogP contribution in [0.15, 0.2) is 4.99 Å². The van der Waals surface area contributed by atoms with E-state index in [0.29, 0.717) is 19.1 Å². The molecule has 3 rings (SSSR count). The maximum Gasteiger partial charge on any atom is 0.159 e. The van der Waals surface area contributed by atoms with Crippen LogP contribution in [0, 0.1) is 0 Å². The van der Waals surface area contributed by atoms with Gasteiger partial charge in [-0.05, 0) is 19.8 Å². The molecule has 4 N–H and O–H groups in total. The lowest BCUT2D eigenvalue weighted by molar-refractivity contribution is -0.154. The zero-order valence-electron chi connectivity index (χ0n) is 12.8. The summed E-state index contributed by atoms with van der Waals surface area (Å²) >= 11 is 1.49. The topological polar surface area (TPSA) is 95.3 Å². The van der Waals surface area contributed by atoms with E-state index in [-0.39, 0.29) is 11.5 Å². The molecule has 0 aromatic rings. The Morgan fingerprint density at radius 1 is 1.32 bits per heavy atom. The van der Waals surface area contributed by atoms with Crippen molar-refractivity contribution in [3.8, 4) is 0 Å². The highest BCUT2D eigenvalue weighted by molar-refractivity contribution is 8.14. The molecule has 126 valence electrons. The minimum atomic E-state index is -0.900. The zero-order chi connectivity index (χ0) is 15.5. The zero-order valence-corrected chi connectivity index (χ0v) is 13.6. The first-order valence-corrected chi connectivity index (χ1v) is 8.87. The van der Waals surface area contributed by atoms with Gasteiger partial charge in [0.15, 0.2) is 5.17 Å². The van der Waals surface area contributed by atoms with Gasteiger partial charge in [0.1, 0.15) is 23.7 Å². The van der Waals surface area contributed by atoms with Gasteiger partial charge in [-0.2, -0.15) is 0 Å². The number of aliphatic hydroxyl groups is 2. The number of ether oxygens (including phenoxy) is 2. The lowest BCUT2D eigenvalue weighted by Gasteiger charge is -2.39. The van der Waals surface area contributed by atoms with Crippen molar-refractivity contribution < 1.29 is 19.7 Å². The van der Waals surface area contributed by atoms with Crippen LogP contribution in [0.5, 0.6) is 0 Å². The highest BCUT2D eigenvalue weighted by Crippen LogP contribution is 2.33. The summed E-state index contributed by atoms with van der Waals surface area (Å²) in [5.41, 5.74) is -0.204. The second kappa shape index (κ2) is 7.46. The van der Waals surface area contributed by atoms with Gasteiger partial charge in [-0.1, -0.05) is 11.8 Å². The summed E-state index contributed by atoms with van der Waals surface area (Å²) in [6.45, 7) is 4.73. The van der Waals surface area contributed by atoms with Crippen LogP contribution >= 0.6 is 11.8 Å². The van der Waals surface area contributed by atoms with Crippen LogP contribution in [0.2, 0.25) is 0 Å². The van der Waals surface area contributed by atoms with Crippen LogP contribution in [-0.2, 0) is 9.47 Å². The predicted octanol–water partition coefficient (Wildman–Crippen LogP) is -0.717. The number of rotatable bonds is 4. The van der Waals surface area contributed by atoms with Gasteiger partial charge >= 0.3 is 0 Å². The van der Waals surface area contributed by atoms with Crippen molar-refractivity contribution in [2.24, 2.45) is 4.99 Å². The number of hydrogen-bond acceptors (Lipinski definition) is 7. The van der Waals surface area contributed by atoms with Gasteiger partial charge < -0.3 is 30.3 Å². The molecule has 3 fully saturated rings. The number of aliphatic hydroxyl groups excluding tert-OH is 2. The second-order valence-corrected chi connectivity index (χ2v) is 6.97. The van der Waals surface area contributed by atoms with Crippen molar-refractivity contribution in [1.29, 1.82) is 0 Å². The highest BCUT2D eigenvalue weighted by atomic mass is 32.2. The van der Waals surface area contributed by atoms with Crippen molar-refractivity contribution in [3.05, 3.63) is 0 Å². The third-order valence-electron chi connectivity index (χ3n) is 4.35. The quantitative estimate of drug-likeness (QED) is 0.540. The molecule has 0 amide bonds. The molecule has 0 unspecified atom stereocenters. The van der Waals surface area contributed by atoms with E-state index in [4.69, 9.17) is 9.47 Å². The summed E-state index contributed by atoms with van der Waals surface area (Å²) < 4.78 is 11.3. The number of fused-ring (bicyclic) bond motifs is 1. The molecule has 0 aromatic carbocycles. The van der Waals surface area contributed by atoms with Gasteiger partial charge in [0.05, 0.1) is 6.04 Å². The molecule has 22 heavy (non-hydrogen) atoms. The summed E-state index contributed by atoms with van der Waals surface area (Å²) in [4.78, 5) is 4.32. The second-order valence-electron chi connectivity index (χ2n) is 5.89. The van der Waals surface area contributed by atoms with Crippen molar-refractivity contribution in [1.82, 2.24) is 10.6 Å². The van der Waals surface area contributed by atoms with Gasteiger partial charge in [-0.25, -0.2) is 0 Å². The van der Waals surface area contributed by atoms with Crippen LogP contribution in [0.3, 0.4) is 0 Å². The molecule has 0 aromatic heterocycles. The normalized spacial score (nSPS) is 41.4.